The van der Waals surface area contributed by atoms with Gasteiger partial charge in [0.2, 0.25) is 0 Å². The van der Waals surface area contributed by atoms with E-state index in [0.717, 1.165) is 10.9 Å². The molecule has 0 aliphatic heterocycles. The van der Waals surface area contributed by atoms with E-state index >= 15 is 0 Å². The highest BCUT2D eigenvalue weighted by atomic mass is 16.8. The predicted octanol–water partition coefficient (Wildman–Crippen LogP) is 2.90. The molecular formula is C24H27NO8. The summed E-state index contributed by atoms with van der Waals surface area (Å²) in [6, 6.07) is 8.11. The van der Waals surface area contributed by atoms with Gasteiger partial charge in [-0.1, -0.05) is 0 Å². The molecule has 9 nitrogen and oxygen atoms in total. The van der Waals surface area contributed by atoms with E-state index in [9.17, 15) is 20.0 Å². The quantitative estimate of drug-likeness (QED) is 0.286. The molecule has 2 N–H and O–H groups in total. The van der Waals surface area contributed by atoms with Crippen LogP contribution in [0.15, 0.2) is 39.5 Å². The number of hydrogen-bond acceptors (Lipinski definition) is 8. The lowest BCUT2D eigenvalue weighted by Gasteiger charge is -2.16. The lowest BCUT2D eigenvalue weighted by molar-refractivity contribution is -0.991. The summed E-state index contributed by atoms with van der Waals surface area (Å²) in [5.74, 6) is 0.637. The van der Waals surface area contributed by atoms with Gasteiger partial charge >= 0.3 is 11.6 Å². The summed E-state index contributed by atoms with van der Waals surface area (Å²) in [4.78, 5) is 24.3. The molecule has 1 atom stereocenters. The Morgan fingerprint density at radius 1 is 1.15 bits per heavy atom. The van der Waals surface area contributed by atoms with Crippen molar-refractivity contribution in [2.75, 3.05) is 13.7 Å². The molecule has 2 aromatic carbocycles. The average molecular weight is 457 g/mol. The highest BCUT2D eigenvalue weighted by Gasteiger charge is 2.17. The van der Waals surface area contributed by atoms with Crippen LogP contribution in [-0.4, -0.2) is 24.9 Å². The van der Waals surface area contributed by atoms with Gasteiger partial charge in [-0.3, -0.25) is 4.79 Å². The third-order valence-electron chi connectivity index (χ3n) is 5.45. The van der Waals surface area contributed by atoms with E-state index in [1.54, 1.807) is 32.0 Å². The molecule has 0 saturated carbocycles. The number of fused-ring (bicyclic) bond motifs is 1. The summed E-state index contributed by atoms with van der Waals surface area (Å²) >= 11 is 0. The zero-order chi connectivity index (χ0) is 24.1. The molecule has 0 fully saturated rings. The van der Waals surface area contributed by atoms with Crippen molar-refractivity contribution in [3.63, 3.8) is 0 Å². The second-order valence-corrected chi connectivity index (χ2v) is 7.48. The van der Waals surface area contributed by atoms with Crippen LogP contribution in [0.3, 0.4) is 0 Å². The Hall–Kier alpha value is -3.40. The van der Waals surface area contributed by atoms with Crippen LogP contribution in [0.2, 0.25) is 0 Å². The number of methoxy groups -OCH3 is 1. The molecule has 1 aromatic heterocycles. The highest BCUT2D eigenvalue weighted by Crippen LogP contribution is 2.31. The molecule has 9 heteroatoms. The summed E-state index contributed by atoms with van der Waals surface area (Å²) < 4.78 is 21.8. The molecule has 0 saturated heterocycles. The Balaban J connectivity index is 1.89. The first kappa shape index (κ1) is 24.2. The zero-order valence-corrected chi connectivity index (χ0v) is 19.0. The SMILES string of the molecule is CCOC(=O)CCc1c(C)c2ccc(OCc3cc([NH+]([O-])O)ccc3OC)c(C)c2oc1=O. The number of carbonyl (C=O) groups excluding carboxylic acids is 1. The first-order valence-electron chi connectivity index (χ1n) is 10.5. The van der Waals surface area contributed by atoms with E-state index in [1.807, 2.05) is 6.92 Å². The third kappa shape index (κ3) is 5.33. The fourth-order valence-electron chi connectivity index (χ4n) is 3.66. The van der Waals surface area contributed by atoms with Gasteiger partial charge in [0.1, 0.15) is 23.7 Å². The van der Waals surface area contributed by atoms with Gasteiger partial charge in [0.05, 0.1) is 13.7 Å². The minimum Gasteiger partial charge on any atom is -0.595 e. The maximum Gasteiger partial charge on any atom is 0.339 e. The second kappa shape index (κ2) is 10.5. The molecule has 176 valence electrons. The van der Waals surface area contributed by atoms with E-state index in [1.165, 1.54) is 19.2 Å². The number of hydrogen-bond donors (Lipinski definition) is 2. The number of esters is 1. The average Bonchev–Trinajstić information content (AvgIpc) is 2.78. The fourth-order valence-corrected chi connectivity index (χ4v) is 3.66. The first-order valence-corrected chi connectivity index (χ1v) is 10.5. The number of ether oxygens (including phenoxy) is 3. The smallest absolute Gasteiger partial charge is 0.339 e. The van der Waals surface area contributed by atoms with Crippen molar-refractivity contribution in [2.24, 2.45) is 0 Å². The Bertz CT molecular complexity index is 1220. The maximum absolute atomic E-state index is 12.6. The standard InChI is InChI=1S/C24H27NO8/c1-5-31-22(26)11-8-19-14(2)18-7-10-20(15(3)23(18)33-24(19)27)32-13-16-12-17(25(28)29)6-9-21(16)30-4/h6-7,9-10,12,25,28H,5,8,11,13H2,1-4H3. The van der Waals surface area contributed by atoms with Crippen molar-refractivity contribution in [2.45, 2.75) is 40.2 Å². The number of nitrogens with one attached hydrogen (secondary N) is 1. The monoisotopic (exact) mass is 457 g/mol. The zero-order valence-electron chi connectivity index (χ0n) is 19.0. The van der Waals surface area contributed by atoms with Gasteiger partial charge in [-0.05, 0) is 51.0 Å². The molecule has 0 aliphatic carbocycles. The molecule has 0 bridgehead atoms. The van der Waals surface area contributed by atoms with Crippen molar-refractivity contribution >= 4 is 22.6 Å². The van der Waals surface area contributed by atoms with Crippen molar-refractivity contribution in [3.8, 4) is 11.5 Å². The third-order valence-corrected chi connectivity index (χ3v) is 5.45. The molecule has 0 radical (unpaired) electrons. The number of aryl methyl sites for hydroxylation is 2. The van der Waals surface area contributed by atoms with Crippen LogP contribution in [0.25, 0.3) is 11.0 Å². The lowest BCUT2D eigenvalue weighted by Crippen LogP contribution is -2.99. The molecule has 33 heavy (non-hydrogen) atoms. The highest BCUT2D eigenvalue weighted by molar-refractivity contribution is 5.85. The van der Waals surface area contributed by atoms with E-state index in [2.05, 4.69) is 0 Å². The van der Waals surface area contributed by atoms with E-state index < -0.39 is 10.9 Å². The van der Waals surface area contributed by atoms with E-state index in [4.69, 9.17) is 18.6 Å². The van der Waals surface area contributed by atoms with Crippen LogP contribution in [0.4, 0.5) is 5.69 Å². The Kier molecular flexibility index (Phi) is 7.70. The van der Waals surface area contributed by atoms with E-state index in [0.29, 0.717) is 40.4 Å². The Morgan fingerprint density at radius 2 is 1.88 bits per heavy atom. The lowest BCUT2D eigenvalue weighted by atomic mass is 10.0. The summed E-state index contributed by atoms with van der Waals surface area (Å²) in [7, 11) is 1.50. The van der Waals surface area contributed by atoms with Crippen LogP contribution >= 0.6 is 0 Å². The second-order valence-electron chi connectivity index (χ2n) is 7.48. The van der Waals surface area contributed by atoms with Crippen molar-refractivity contribution in [1.29, 1.82) is 0 Å². The van der Waals surface area contributed by atoms with Crippen LogP contribution in [0.5, 0.6) is 11.5 Å². The molecule has 3 aromatic rings. The summed E-state index contributed by atoms with van der Waals surface area (Å²) in [5.41, 5.74) is 2.43. The number of benzene rings is 2. The van der Waals surface area contributed by atoms with Crippen molar-refractivity contribution in [1.82, 2.24) is 0 Å². The van der Waals surface area contributed by atoms with E-state index in [-0.39, 0.29) is 31.1 Å². The maximum atomic E-state index is 12.6. The fraction of sp³-hybridized carbons (Fsp3) is 0.333. The largest absolute Gasteiger partial charge is 0.595 e. The van der Waals surface area contributed by atoms with Gasteiger partial charge in [-0.15, -0.1) is 0 Å². The van der Waals surface area contributed by atoms with Gasteiger partial charge < -0.3 is 23.8 Å². The van der Waals surface area contributed by atoms with Crippen LogP contribution in [0.1, 0.15) is 35.6 Å². The molecule has 0 aliphatic rings. The summed E-state index contributed by atoms with van der Waals surface area (Å²) in [6.07, 6.45) is 0.336. The van der Waals surface area contributed by atoms with Crippen LogP contribution in [-0.2, 0) is 22.6 Å². The van der Waals surface area contributed by atoms with Gasteiger partial charge in [0.25, 0.3) is 0 Å². The van der Waals surface area contributed by atoms with Crippen LogP contribution < -0.4 is 20.3 Å². The number of carbonyl (C=O) groups is 1. The topological polar surface area (TPSA) is 123 Å². The van der Waals surface area contributed by atoms with Gasteiger partial charge in [-0.2, -0.15) is 5.23 Å². The first-order chi connectivity index (χ1) is 15.8. The van der Waals surface area contributed by atoms with Gasteiger partial charge in [-0.25, -0.2) is 10.0 Å². The molecule has 0 amide bonds. The summed E-state index contributed by atoms with van der Waals surface area (Å²) in [6.45, 7) is 5.69. The minimum absolute atomic E-state index is 0.0669. The number of quaternary nitrogens is 1. The molecule has 3 rings (SSSR count). The van der Waals surface area contributed by atoms with Gasteiger partial charge in [0, 0.05) is 40.6 Å². The predicted molar refractivity (Wildman–Crippen MR) is 120 cm³/mol. The van der Waals surface area contributed by atoms with Crippen molar-refractivity contribution in [3.05, 3.63) is 68.2 Å². The van der Waals surface area contributed by atoms with Gasteiger partial charge in [0.15, 0.2) is 5.69 Å². The van der Waals surface area contributed by atoms with Crippen LogP contribution in [0, 0.1) is 19.1 Å². The Labute approximate surface area is 190 Å². The molecule has 1 unspecified atom stereocenters. The Morgan fingerprint density at radius 3 is 2.55 bits per heavy atom. The number of rotatable bonds is 9. The molecular weight excluding hydrogens is 430 g/mol. The normalized spacial score (nSPS) is 11.9. The van der Waals surface area contributed by atoms with Crippen molar-refractivity contribution < 1.29 is 33.9 Å². The molecule has 1 heterocycles. The minimum atomic E-state index is -1.04. The molecule has 0 spiro atoms. The summed E-state index contributed by atoms with van der Waals surface area (Å²) in [5, 5.41) is 20.2.